The molecule has 4 amide bonds. The van der Waals surface area contributed by atoms with Crippen LogP contribution in [0.1, 0.15) is 60.7 Å². The van der Waals surface area contributed by atoms with Crippen molar-refractivity contribution in [3.8, 4) is 28.7 Å². The van der Waals surface area contributed by atoms with Gasteiger partial charge >= 0.3 is 0 Å². The largest absolute Gasteiger partial charge is 0.496 e. The molecule has 4 rings (SSSR count). The van der Waals surface area contributed by atoms with Gasteiger partial charge in [-0.1, -0.05) is 19.9 Å². The van der Waals surface area contributed by atoms with Crippen molar-refractivity contribution < 1.29 is 51.6 Å². The highest BCUT2D eigenvalue weighted by Crippen LogP contribution is 2.37. The number of nitrogens with zero attached hydrogens (tertiary/aromatic N) is 1. The summed E-state index contributed by atoms with van der Waals surface area (Å²) in [5.41, 5.74) is 2.19. The van der Waals surface area contributed by atoms with Crippen LogP contribution in [0.3, 0.4) is 0 Å². The van der Waals surface area contributed by atoms with Crippen molar-refractivity contribution in [3.05, 3.63) is 70.8 Å². The first-order valence-corrected chi connectivity index (χ1v) is 20.0. The lowest BCUT2D eigenvalue weighted by atomic mass is 10.0. The van der Waals surface area contributed by atoms with Crippen molar-refractivity contribution >= 4 is 33.7 Å². The van der Waals surface area contributed by atoms with Crippen LogP contribution >= 0.6 is 0 Å². The summed E-state index contributed by atoms with van der Waals surface area (Å²) in [6, 6.07) is 10.1. The summed E-state index contributed by atoms with van der Waals surface area (Å²) in [7, 11) is -0.114. The second-order valence-electron chi connectivity index (χ2n) is 14.0. The smallest absolute Gasteiger partial charge is 0.251 e. The van der Waals surface area contributed by atoms with Crippen molar-refractivity contribution in [1.29, 1.82) is 0 Å². The number of carbonyl (C=O) groups is 4. The van der Waals surface area contributed by atoms with Gasteiger partial charge < -0.3 is 45.3 Å². The van der Waals surface area contributed by atoms with Crippen LogP contribution in [-0.2, 0) is 31.0 Å². The molecule has 1 heterocycles. The van der Waals surface area contributed by atoms with Gasteiger partial charge in [-0.25, -0.2) is 8.42 Å². The first kappa shape index (κ1) is 44.3. The molecule has 2 bridgehead atoms. The maximum atomic E-state index is 14.2. The second kappa shape index (κ2) is 19.7. The highest BCUT2D eigenvalue weighted by molar-refractivity contribution is 7.89. The molecule has 3 aromatic carbocycles. The molecule has 1 aliphatic heterocycles. The number of benzene rings is 3. The molecule has 0 saturated carbocycles. The van der Waals surface area contributed by atoms with Crippen molar-refractivity contribution in [2.75, 3.05) is 41.0 Å². The van der Waals surface area contributed by atoms with Gasteiger partial charge in [-0.05, 0) is 93.1 Å². The lowest BCUT2D eigenvalue weighted by Crippen LogP contribution is -2.59. The number of amides is 4. The van der Waals surface area contributed by atoms with E-state index in [4.69, 9.17) is 18.9 Å². The summed E-state index contributed by atoms with van der Waals surface area (Å²) < 4.78 is 52.2. The fourth-order valence-corrected chi connectivity index (χ4v) is 7.79. The number of methoxy groups -OCH3 is 3. The Morgan fingerprint density at radius 3 is 2.12 bits per heavy atom. The molecule has 310 valence electrons. The number of hydrogen-bond acceptors (Lipinski definition) is 11. The van der Waals surface area contributed by atoms with Crippen LogP contribution in [-0.4, -0.2) is 101 Å². The van der Waals surface area contributed by atoms with Crippen LogP contribution in [0.4, 0.5) is 0 Å². The fraction of sp³-hybridized carbons (Fsp3) is 0.450. The number of aliphatic hydroxyl groups is 1. The molecule has 0 fully saturated rings. The first-order valence-electron chi connectivity index (χ1n) is 18.5. The Labute approximate surface area is 333 Å². The molecule has 1 aliphatic rings. The third-order valence-electron chi connectivity index (χ3n) is 9.56. The minimum atomic E-state index is -4.38. The standard InChI is InChI=1S/C40H53N5O11S/c1-23(2)36-39(49)42-21-28-29(53-6)12-11-13-30(28)56-32-20-27(14-15-31(32)54-7)38(48)41-16-9-10-17-45(22-35(47)43-37(26(5)46)40(50)44-36)57(51,52)34-19-25(4)24(3)18-33(34)55-8/h11-15,18-20,23,26,36-37,46H,9-10,16-17,21-22H2,1-8H3,(H,41,48)(H,42,49)(H,43,47)(H,44,50)/t26-,36-,37+/m1/s1. The zero-order chi connectivity index (χ0) is 42.0. The molecule has 0 radical (unpaired) electrons. The lowest BCUT2D eigenvalue weighted by molar-refractivity contribution is -0.135. The monoisotopic (exact) mass is 811 g/mol. The van der Waals surface area contributed by atoms with E-state index >= 15 is 0 Å². The molecule has 0 aromatic heterocycles. The Hall–Kier alpha value is -5.39. The molecule has 3 aromatic rings. The van der Waals surface area contributed by atoms with Crippen molar-refractivity contribution in [1.82, 2.24) is 25.6 Å². The maximum absolute atomic E-state index is 14.2. The van der Waals surface area contributed by atoms with Gasteiger partial charge in [0.15, 0.2) is 11.5 Å². The van der Waals surface area contributed by atoms with Gasteiger partial charge in [-0.2, -0.15) is 4.31 Å². The highest BCUT2D eigenvalue weighted by atomic mass is 32.2. The maximum Gasteiger partial charge on any atom is 0.251 e. The molecular weight excluding hydrogens is 759 g/mol. The number of hydrogen-bond donors (Lipinski definition) is 5. The third-order valence-corrected chi connectivity index (χ3v) is 11.4. The van der Waals surface area contributed by atoms with Gasteiger partial charge in [0.2, 0.25) is 27.7 Å². The average molecular weight is 812 g/mol. The van der Waals surface area contributed by atoms with E-state index in [1.54, 1.807) is 57.2 Å². The van der Waals surface area contributed by atoms with Gasteiger partial charge in [0, 0.05) is 18.7 Å². The molecule has 16 nitrogen and oxygen atoms in total. The Morgan fingerprint density at radius 2 is 1.47 bits per heavy atom. The molecule has 0 saturated heterocycles. The van der Waals surface area contributed by atoms with Crippen LogP contribution in [0.15, 0.2) is 53.4 Å². The average Bonchev–Trinajstić information content (AvgIpc) is 3.17. The topological polar surface area (TPSA) is 211 Å². The van der Waals surface area contributed by atoms with Crippen molar-refractivity contribution in [2.45, 2.75) is 77.1 Å². The van der Waals surface area contributed by atoms with Crippen LogP contribution in [0, 0.1) is 19.8 Å². The van der Waals surface area contributed by atoms with Crippen molar-refractivity contribution in [2.24, 2.45) is 5.92 Å². The molecule has 17 heteroatoms. The van der Waals surface area contributed by atoms with Crippen molar-refractivity contribution in [3.63, 3.8) is 0 Å². The molecule has 57 heavy (non-hydrogen) atoms. The number of aryl methyl sites for hydroxylation is 2. The van der Waals surface area contributed by atoms with E-state index in [0.717, 1.165) is 9.87 Å². The van der Waals surface area contributed by atoms with Gasteiger partial charge in [-0.3, -0.25) is 19.2 Å². The number of carbonyl (C=O) groups excluding carboxylic acids is 4. The first-order chi connectivity index (χ1) is 27.0. The number of rotatable bonds is 7. The zero-order valence-corrected chi connectivity index (χ0v) is 34.4. The van der Waals surface area contributed by atoms with E-state index in [1.807, 2.05) is 6.92 Å². The highest BCUT2D eigenvalue weighted by Gasteiger charge is 2.34. The SMILES string of the molecule is COc1ccc2cc1Oc1cccc(OC)c1CNC(=O)[C@@H](C(C)C)NC(=O)[C@H]([C@@H](C)O)NC(=O)CN(S(=O)(=O)c1cc(C)c(C)cc1OC)CCCCNC2=O. The second-order valence-corrected chi connectivity index (χ2v) is 15.9. The summed E-state index contributed by atoms with van der Waals surface area (Å²) in [5.74, 6) is -1.89. The Morgan fingerprint density at radius 1 is 0.789 bits per heavy atom. The van der Waals surface area contributed by atoms with E-state index in [9.17, 15) is 32.7 Å². The normalized spacial score (nSPS) is 18.8. The Balaban J connectivity index is 1.74. The zero-order valence-electron chi connectivity index (χ0n) is 33.6. The van der Waals surface area contributed by atoms with Gasteiger partial charge in [0.05, 0.1) is 46.1 Å². The van der Waals surface area contributed by atoms with E-state index in [1.165, 1.54) is 40.4 Å². The molecule has 0 unspecified atom stereocenters. The van der Waals surface area contributed by atoms with Crippen LogP contribution < -0.4 is 40.2 Å². The van der Waals surface area contributed by atoms with Gasteiger partial charge in [-0.15, -0.1) is 0 Å². The summed E-state index contributed by atoms with van der Waals surface area (Å²) in [5, 5.41) is 21.4. The minimum Gasteiger partial charge on any atom is -0.496 e. The van der Waals surface area contributed by atoms with Gasteiger partial charge in [0.1, 0.15) is 34.2 Å². The van der Waals surface area contributed by atoms with Crippen LogP contribution in [0.2, 0.25) is 0 Å². The fourth-order valence-electron chi connectivity index (χ4n) is 6.14. The minimum absolute atomic E-state index is 0.0864. The lowest BCUT2D eigenvalue weighted by Gasteiger charge is -2.28. The van der Waals surface area contributed by atoms with E-state index in [0.29, 0.717) is 34.8 Å². The summed E-state index contributed by atoms with van der Waals surface area (Å²) in [4.78, 5) is 54.1. The molecular formula is C40H53N5O11S. The number of ether oxygens (including phenoxy) is 4. The molecule has 3 atom stereocenters. The Kier molecular flexibility index (Phi) is 15.3. The molecule has 0 spiro atoms. The number of aliphatic hydroxyl groups excluding tert-OH is 1. The predicted molar refractivity (Wildman–Crippen MR) is 211 cm³/mol. The quantitative estimate of drug-likeness (QED) is 0.234. The molecule has 0 aliphatic carbocycles. The summed E-state index contributed by atoms with van der Waals surface area (Å²) in [6.45, 7) is 7.47. The number of fused-ring (bicyclic) bond motifs is 3. The molecule has 5 N–H and O–H groups in total. The number of nitrogens with one attached hydrogen (secondary N) is 4. The van der Waals surface area contributed by atoms with Crippen LogP contribution in [0.5, 0.6) is 28.7 Å². The van der Waals surface area contributed by atoms with Crippen LogP contribution in [0.25, 0.3) is 0 Å². The Bertz CT molecular complexity index is 2060. The predicted octanol–water partition coefficient (Wildman–Crippen LogP) is 2.96. The summed E-state index contributed by atoms with van der Waals surface area (Å²) >= 11 is 0. The number of sulfonamides is 1. The third kappa shape index (κ3) is 10.9. The van der Waals surface area contributed by atoms with E-state index in [2.05, 4.69) is 21.3 Å². The van der Waals surface area contributed by atoms with E-state index < -0.39 is 64.3 Å². The summed E-state index contributed by atoms with van der Waals surface area (Å²) in [6.07, 6.45) is -0.885. The van der Waals surface area contributed by atoms with E-state index in [-0.39, 0.29) is 48.0 Å². The van der Waals surface area contributed by atoms with Gasteiger partial charge in [0.25, 0.3) is 5.91 Å².